The summed E-state index contributed by atoms with van der Waals surface area (Å²) in [6.07, 6.45) is 0. The average molecular weight is 321 g/mol. The molecular weight excluding hydrogens is 314 g/mol. The van der Waals surface area contributed by atoms with Gasteiger partial charge < -0.3 is 0 Å². The molecule has 3 rings (SSSR count). The second kappa shape index (κ2) is 5.39. The molecule has 0 aliphatic rings. The molecule has 0 unspecified atom stereocenters. The highest BCUT2D eigenvalue weighted by Crippen LogP contribution is 2.27. The molecule has 1 aromatic heterocycles. The topological polar surface area (TPSA) is 42.9 Å². The van der Waals surface area contributed by atoms with Crippen molar-refractivity contribution < 1.29 is 9.18 Å². The lowest BCUT2D eigenvalue weighted by atomic mass is 10.1. The van der Waals surface area contributed by atoms with Gasteiger partial charge in [-0.15, -0.1) is 0 Å². The molecule has 0 aliphatic carbocycles. The van der Waals surface area contributed by atoms with Crippen molar-refractivity contribution in [1.82, 2.24) is 9.97 Å². The minimum Gasteiger partial charge on any atom is -0.276 e. The summed E-state index contributed by atoms with van der Waals surface area (Å²) in [5, 5.41) is -0.397. The van der Waals surface area contributed by atoms with E-state index in [2.05, 4.69) is 9.97 Å². The van der Waals surface area contributed by atoms with Crippen LogP contribution in [0.3, 0.4) is 0 Å². The van der Waals surface area contributed by atoms with Gasteiger partial charge in [-0.2, -0.15) is 0 Å². The van der Waals surface area contributed by atoms with Gasteiger partial charge in [0.15, 0.2) is 5.15 Å². The van der Waals surface area contributed by atoms with E-state index in [9.17, 15) is 9.18 Å². The zero-order valence-electron chi connectivity index (χ0n) is 10.5. The van der Waals surface area contributed by atoms with Crippen LogP contribution in [0.2, 0.25) is 5.15 Å². The van der Waals surface area contributed by atoms with Gasteiger partial charge in [0.2, 0.25) is 0 Å². The van der Waals surface area contributed by atoms with Gasteiger partial charge in [-0.3, -0.25) is 4.79 Å². The molecule has 2 aromatic carbocycles. The Morgan fingerprint density at radius 2 is 1.71 bits per heavy atom. The Labute approximate surface area is 129 Å². The second-order valence-electron chi connectivity index (χ2n) is 4.35. The summed E-state index contributed by atoms with van der Waals surface area (Å²) in [7, 11) is 0. The van der Waals surface area contributed by atoms with E-state index in [4.69, 9.17) is 23.2 Å². The molecule has 3 aromatic rings. The van der Waals surface area contributed by atoms with Crippen LogP contribution in [0.5, 0.6) is 0 Å². The summed E-state index contributed by atoms with van der Waals surface area (Å²) >= 11 is 11.6. The first-order valence-electron chi connectivity index (χ1n) is 5.97. The third kappa shape index (κ3) is 2.73. The SMILES string of the molecule is O=C(Cl)c1ccc2nc(-c3ccc(F)cc3)c(Cl)nc2c1. The molecule has 3 nitrogen and oxygen atoms in total. The minimum atomic E-state index is -0.572. The number of aromatic nitrogens is 2. The monoisotopic (exact) mass is 320 g/mol. The smallest absolute Gasteiger partial charge is 0.252 e. The molecular formula is C15H7Cl2FN2O. The Bertz CT molecular complexity index is 850. The van der Waals surface area contributed by atoms with Gasteiger partial charge in [-0.25, -0.2) is 14.4 Å². The van der Waals surface area contributed by atoms with Gasteiger partial charge in [-0.1, -0.05) is 11.6 Å². The maximum Gasteiger partial charge on any atom is 0.252 e. The number of nitrogens with zero attached hydrogens (tertiary/aromatic N) is 2. The van der Waals surface area contributed by atoms with Crippen LogP contribution in [-0.2, 0) is 0 Å². The van der Waals surface area contributed by atoms with Crippen molar-refractivity contribution in [2.75, 3.05) is 0 Å². The molecule has 0 bridgehead atoms. The fourth-order valence-corrected chi connectivity index (χ4v) is 2.31. The molecule has 0 amide bonds. The number of hydrogen-bond acceptors (Lipinski definition) is 3. The first kappa shape index (κ1) is 13.9. The predicted molar refractivity (Wildman–Crippen MR) is 80.1 cm³/mol. The zero-order chi connectivity index (χ0) is 15.0. The highest BCUT2D eigenvalue weighted by atomic mass is 35.5. The van der Waals surface area contributed by atoms with E-state index in [1.165, 1.54) is 18.2 Å². The van der Waals surface area contributed by atoms with Crippen molar-refractivity contribution in [3.05, 3.63) is 59.0 Å². The van der Waals surface area contributed by atoms with Crippen molar-refractivity contribution >= 4 is 39.5 Å². The first-order chi connectivity index (χ1) is 10.0. The van der Waals surface area contributed by atoms with Crippen LogP contribution >= 0.6 is 23.2 Å². The molecule has 21 heavy (non-hydrogen) atoms. The molecule has 0 fully saturated rings. The van der Waals surface area contributed by atoms with E-state index in [1.54, 1.807) is 24.3 Å². The van der Waals surface area contributed by atoms with Crippen LogP contribution in [0.4, 0.5) is 4.39 Å². The van der Waals surface area contributed by atoms with Crippen LogP contribution in [0, 0.1) is 5.82 Å². The lowest BCUT2D eigenvalue weighted by Crippen LogP contribution is -1.94. The fraction of sp³-hybridized carbons (Fsp3) is 0. The molecule has 6 heteroatoms. The Morgan fingerprint density at radius 3 is 2.38 bits per heavy atom. The Morgan fingerprint density at radius 1 is 1.00 bits per heavy atom. The summed E-state index contributed by atoms with van der Waals surface area (Å²) in [5.74, 6) is -0.339. The van der Waals surface area contributed by atoms with E-state index in [-0.39, 0.29) is 11.0 Å². The van der Waals surface area contributed by atoms with E-state index < -0.39 is 5.24 Å². The Balaban J connectivity index is 2.17. The quantitative estimate of drug-likeness (QED) is 0.654. The van der Waals surface area contributed by atoms with Crippen molar-refractivity contribution in [3.8, 4) is 11.3 Å². The molecule has 0 N–H and O–H groups in total. The number of halogens is 3. The lowest BCUT2D eigenvalue weighted by Gasteiger charge is -2.06. The molecule has 0 radical (unpaired) electrons. The number of carbonyl (C=O) groups excluding carboxylic acids is 1. The first-order valence-corrected chi connectivity index (χ1v) is 6.73. The van der Waals surface area contributed by atoms with Crippen LogP contribution in [0.1, 0.15) is 10.4 Å². The standard InChI is InChI=1S/C15H7Cl2FN2O/c16-14-13(8-1-4-10(18)5-2-8)19-11-6-3-9(15(17)21)7-12(11)20-14/h1-7H. The summed E-state index contributed by atoms with van der Waals surface area (Å²) in [6.45, 7) is 0. The largest absolute Gasteiger partial charge is 0.276 e. The van der Waals surface area contributed by atoms with Crippen LogP contribution in [0.15, 0.2) is 42.5 Å². The van der Waals surface area contributed by atoms with E-state index >= 15 is 0 Å². The number of rotatable bonds is 2. The average Bonchev–Trinajstić information content (AvgIpc) is 2.47. The van der Waals surface area contributed by atoms with Gasteiger partial charge in [0.1, 0.15) is 11.5 Å². The molecule has 0 saturated carbocycles. The molecule has 1 heterocycles. The molecule has 0 spiro atoms. The van der Waals surface area contributed by atoms with Crippen LogP contribution < -0.4 is 0 Å². The van der Waals surface area contributed by atoms with Crippen molar-refractivity contribution in [2.24, 2.45) is 0 Å². The minimum absolute atomic E-state index is 0.174. The summed E-state index contributed by atoms with van der Waals surface area (Å²) in [6, 6.07) is 10.5. The maximum absolute atomic E-state index is 13.0. The summed E-state index contributed by atoms with van der Waals surface area (Å²) in [4.78, 5) is 19.8. The van der Waals surface area contributed by atoms with Gasteiger partial charge in [0.25, 0.3) is 5.24 Å². The number of hydrogen-bond donors (Lipinski definition) is 0. The van der Waals surface area contributed by atoms with Crippen molar-refractivity contribution in [1.29, 1.82) is 0 Å². The highest BCUT2D eigenvalue weighted by molar-refractivity contribution is 6.67. The fourth-order valence-electron chi connectivity index (χ4n) is 1.95. The van der Waals surface area contributed by atoms with Crippen LogP contribution in [-0.4, -0.2) is 15.2 Å². The molecule has 0 atom stereocenters. The third-order valence-corrected chi connectivity index (χ3v) is 3.45. The van der Waals surface area contributed by atoms with E-state index in [0.717, 1.165) is 0 Å². The summed E-state index contributed by atoms with van der Waals surface area (Å²) in [5.41, 5.74) is 2.48. The molecule has 0 saturated heterocycles. The second-order valence-corrected chi connectivity index (χ2v) is 5.05. The lowest BCUT2D eigenvalue weighted by molar-refractivity contribution is 0.108. The number of benzene rings is 2. The van der Waals surface area contributed by atoms with E-state index in [1.807, 2.05) is 0 Å². The number of carbonyl (C=O) groups is 1. The van der Waals surface area contributed by atoms with E-state index in [0.29, 0.717) is 27.9 Å². The Hall–Kier alpha value is -2.04. The maximum atomic E-state index is 13.0. The van der Waals surface area contributed by atoms with Gasteiger partial charge in [-0.05, 0) is 54.1 Å². The normalized spacial score (nSPS) is 10.8. The number of fused-ring (bicyclic) bond motifs is 1. The van der Waals surface area contributed by atoms with Gasteiger partial charge in [0, 0.05) is 11.1 Å². The molecule has 0 aliphatic heterocycles. The van der Waals surface area contributed by atoms with Gasteiger partial charge in [0.05, 0.1) is 11.0 Å². The van der Waals surface area contributed by atoms with Gasteiger partial charge >= 0.3 is 0 Å². The van der Waals surface area contributed by atoms with Crippen molar-refractivity contribution in [2.45, 2.75) is 0 Å². The highest BCUT2D eigenvalue weighted by Gasteiger charge is 2.11. The van der Waals surface area contributed by atoms with Crippen molar-refractivity contribution in [3.63, 3.8) is 0 Å². The third-order valence-electron chi connectivity index (χ3n) is 2.97. The predicted octanol–water partition coefficient (Wildman–Crippen LogP) is 4.47. The summed E-state index contributed by atoms with van der Waals surface area (Å²) < 4.78 is 13.0. The molecule has 104 valence electrons. The zero-order valence-corrected chi connectivity index (χ0v) is 12.0. The Kier molecular flexibility index (Phi) is 3.57. The van der Waals surface area contributed by atoms with Crippen LogP contribution in [0.25, 0.3) is 22.3 Å².